The molecular weight excluding hydrogens is 260 g/mol. The van der Waals surface area contributed by atoms with Gasteiger partial charge in [0.15, 0.2) is 5.82 Å². The Morgan fingerprint density at radius 2 is 2.33 bits per heavy atom. The van der Waals surface area contributed by atoms with Crippen LogP contribution in [0.25, 0.3) is 0 Å². The molecule has 0 bridgehead atoms. The van der Waals surface area contributed by atoms with Gasteiger partial charge in [-0.3, -0.25) is 9.89 Å². The first-order valence-corrected chi connectivity index (χ1v) is 5.73. The molecule has 1 heterocycles. The molecule has 1 rings (SSSR count). The molecule has 1 N–H and O–H groups in total. The summed E-state index contributed by atoms with van der Waals surface area (Å²) in [6, 6.07) is 0. The third-order valence-electron chi connectivity index (χ3n) is 2.02. The second kappa shape index (κ2) is 5.25. The van der Waals surface area contributed by atoms with E-state index < -0.39 is 0 Å². The Morgan fingerprint density at radius 1 is 1.67 bits per heavy atom. The van der Waals surface area contributed by atoms with Gasteiger partial charge < -0.3 is 4.90 Å². The monoisotopic (exact) mass is 274 g/mol. The molecule has 0 radical (unpaired) electrons. The van der Waals surface area contributed by atoms with Crippen molar-refractivity contribution in [1.82, 2.24) is 20.1 Å². The highest BCUT2D eigenvalue weighted by atomic mass is 79.9. The number of hydrogen-bond donors (Lipinski definition) is 1. The Balaban J connectivity index is 2.55. The smallest absolute Gasteiger partial charge is 0.236 e. The Hall–Kier alpha value is -0.910. The Morgan fingerprint density at radius 3 is 2.80 bits per heavy atom. The standard InChI is InChI=1S/C9H15BrN4O/c1-4-7(10)9(15)14(3)5-8-11-6(2)12-13-8/h7H,4-5H2,1-3H3,(H,11,12,13). The van der Waals surface area contributed by atoms with Gasteiger partial charge in [0.25, 0.3) is 0 Å². The van der Waals surface area contributed by atoms with Crippen molar-refractivity contribution in [3.8, 4) is 0 Å². The molecule has 15 heavy (non-hydrogen) atoms. The minimum Gasteiger partial charge on any atom is -0.337 e. The van der Waals surface area contributed by atoms with Gasteiger partial charge in [0.2, 0.25) is 5.91 Å². The third kappa shape index (κ3) is 3.30. The van der Waals surface area contributed by atoms with Crippen LogP contribution in [-0.4, -0.2) is 37.9 Å². The number of alkyl halides is 1. The van der Waals surface area contributed by atoms with Crippen molar-refractivity contribution in [2.45, 2.75) is 31.6 Å². The summed E-state index contributed by atoms with van der Waals surface area (Å²) in [7, 11) is 1.75. The van der Waals surface area contributed by atoms with Crippen LogP contribution in [0.2, 0.25) is 0 Å². The fourth-order valence-corrected chi connectivity index (χ4v) is 1.51. The second-order valence-corrected chi connectivity index (χ2v) is 4.51. The van der Waals surface area contributed by atoms with Gasteiger partial charge in [-0.1, -0.05) is 22.9 Å². The van der Waals surface area contributed by atoms with Crippen LogP contribution in [0.1, 0.15) is 25.0 Å². The molecule has 1 aromatic rings. The summed E-state index contributed by atoms with van der Waals surface area (Å²) < 4.78 is 0. The molecular formula is C9H15BrN4O. The van der Waals surface area contributed by atoms with E-state index in [9.17, 15) is 4.79 Å². The fraction of sp³-hybridized carbons (Fsp3) is 0.667. The van der Waals surface area contributed by atoms with Gasteiger partial charge >= 0.3 is 0 Å². The summed E-state index contributed by atoms with van der Waals surface area (Å²) in [4.78, 5) is 17.3. The predicted molar refractivity (Wildman–Crippen MR) is 60.6 cm³/mol. The zero-order valence-electron chi connectivity index (χ0n) is 9.12. The summed E-state index contributed by atoms with van der Waals surface area (Å²) in [5.74, 6) is 1.45. The first kappa shape index (κ1) is 12.2. The van der Waals surface area contributed by atoms with E-state index in [4.69, 9.17) is 0 Å². The van der Waals surface area contributed by atoms with Crippen molar-refractivity contribution in [1.29, 1.82) is 0 Å². The van der Waals surface area contributed by atoms with Crippen molar-refractivity contribution in [2.75, 3.05) is 7.05 Å². The van der Waals surface area contributed by atoms with Crippen LogP contribution in [0.3, 0.4) is 0 Å². The SMILES string of the molecule is CCC(Br)C(=O)N(C)Cc1n[nH]c(C)n1. The van der Waals surface area contributed by atoms with Crippen molar-refractivity contribution in [3.05, 3.63) is 11.6 Å². The maximum absolute atomic E-state index is 11.7. The van der Waals surface area contributed by atoms with Gasteiger partial charge in [0.1, 0.15) is 5.82 Å². The van der Waals surface area contributed by atoms with E-state index in [2.05, 4.69) is 31.1 Å². The molecule has 1 aromatic heterocycles. The number of halogens is 1. The minimum absolute atomic E-state index is 0.0555. The molecule has 0 saturated carbocycles. The molecule has 5 nitrogen and oxygen atoms in total. The number of nitrogens with zero attached hydrogens (tertiary/aromatic N) is 3. The predicted octanol–water partition coefficient (Wildman–Crippen LogP) is 1.25. The fourth-order valence-electron chi connectivity index (χ4n) is 1.16. The quantitative estimate of drug-likeness (QED) is 0.841. The molecule has 0 aromatic carbocycles. The van der Waals surface area contributed by atoms with Crippen LogP contribution >= 0.6 is 15.9 Å². The van der Waals surface area contributed by atoms with E-state index in [0.29, 0.717) is 12.4 Å². The third-order valence-corrected chi connectivity index (χ3v) is 3.06. The van der Waals surface area contributed by atoms with E-state index in [1.54, 1.807) is 11.9 Å². The molecule has 6 heteroatoms. The highest BCUT2D eigenvalue weighted by Crippen LogP contribution is 2.09. The van der Waals surface area contributed by atoms with E-state index >= 15 is 0 Å². The van der Waals surface area contributed by atoms with Gasteiger partial charge in [-0.2, -0.15) is 5.10 Å². The number of H-pyrrole nitrogens is 1. The molecule has 0 fully saturated rings. The molecule has 1 atom stereocenters. The number of amides is 1. The Kier molecular flexibility index (Phi) is 4.26. The maximum Gasteiger partial charge on any atom is 0.236 e. The highest BCUT2D eigenvalue weighted by Gasteiger charge is 2.18. The minimum atomic E-state index is -0.123. The van der Waals surface area contributed by atoms with Crippen molar-refractivity contribution in [2.24, 2.45) is 0 Å². The topological polar surface area (TPSA) is 61.9 Å². The van der Waals surface area contributed by atoms with E-state index in [1.165, 1.54) is 0 Å². The van der Waals surface area contributed by atoms with Crippen LogP contribution in [0.4, 0.5) is 0 Å². The lowest BCUT2D eigenvalue weighted by Gasteiger charge is -2.17. The van der Waals surface area contributed by atoms with Gasteiger partial charge in [0.05, 0.1) is 11.4 Å². The van der Waals surface area contributed by atoms with E-state index in [1.807, 2.05) is 13.8 Å². The van der Waals surface area contributed by atoms with E-state index in [-0.39, 0.29) is 10.7 Å². The van der Waals surface area contributed by atoms with Gasteiger partial charge in [-0.05, 0) is 13.3 Å². The molecule has 84 valence electrons. The van der Waals surface area contributed by atoms with Gasteiger partial charge in [-0.15, -0.1) is 0 Å². The second-order valence-electron chi connectivity index (χ2n) is 3.41. The number of carbonyl (C=O) groups is 1. The lowest BCUT2D eigenvalue weighted by Crippen LogP contribution is -2.32. The highest BCUT2D eigenvalue weighted by molar-refractivity contribution is 9.10. The maximum atomic E-state index is 11.7. The molecule has 0 spiro atoms. The van der Waals surface area contributed by atoms with E-state index in [0.717, 1.165) is 12.2 Å². The van der Waals surface area contributed by atoms with Crippen molar-refractivity contribution >= 4 is 21.8 Å². The summed E-state index contributed by atoms with van der Waals surface area (Å²) >= 11 is 3.32. The van der Waals surface area contributed by atoms with Crippen molar-refractivity contribution < 1.29 is 4.79 Å². The first-order chi connectivity index (χ1) is 7.04. The Bertz CT molecular complexity index is 339. The molecule has 0 saturated heterocycles. The molecule has 0 aliphatic rings. The number of nitrogens with one attached hydrogen (secondary N) is 1. The van der Waals surface area contributed by atoms with Crippen LogP contribution in [-0.2, 0) is 11.3 Å². The summed E-state index contributed by atoms with van der Waals surface area (Å²) in [5, 5.41) is 6.72. The lowest BCUT2D eigenvalue weighted by atomic mass is 10.3. The molecule has 0 aliphatic heterocycles. The van der Waals surface area contributed by atoms with Crippen LogP contribution in [0.15, 0.2) is 0 Å². The van der Waals surface area contributed by atoms with Crippen LogP contribution < -0.4 is 0 Å². The zero-order chi connectivity index (χ0) is 11.4. The number of hydrogen-bond acceptors (Lipinski definition) is 3. The van der Waals surface area contributed by atoms with Crippen molar-refractivity contribution in [3.63, 3.8) is 0 Å². The average molecular weight is 275 g/mol. The summed E-state index contributed by atoms with van der Waals surface area (Å²) in [6.45, 7) is 4.23. The molecule has 0 aliphatic carbocycles. The number of aryl methyl sites for hydroxylation is 1. The summed E-state index contributed by atoms with van der Waals surface area (Å²) in [6.07, 6.45) is 0.774. The number of carbonyl (C=O) groups excluding carboxylic acids is 1. The lowest BCUT2D eigenvalue weighted by molar-refractivity contribution is -0.129. The zero-order valence-corrected chi connectivity index (χ0v) is 10.7. The van der Waals surface area contributed by atoms with Crippen LogP contribution in [0.5, 0.6) is 0 Å². The molecule has 1 unspecified atom stereocenters. The number of rotatable bonds is 4. The van der Waals surface area contributed by atoms with Gasteiger partial charge in [-0.25, -0.2) is 4.98 Å². The van der Waals surface area contributed by atoms with Gasteiger partial charge in [0, 0.05) is 7.05 Å². The largest absolute Gasteiger partial charge is 0.337 e. The average Bonchev–Trinajstić information content (AvgIpc) is 2.61. The van der Waals surface area contributed by atoms with Crippen LogP contribution in [0, 0.1) is 6.92 Å². The normalized spacial score (nSPS) is 12.5. The molecule has 1 amide bonds. The number of aromatic amines is 1. The Labute approximate surface area is 97.4 Å². The first-order valence-electron chi connectivity index (χ1n) is 4.81. The summed E-state index contributed by atoms with van der Waals surface area (Å²) in [5.41, 5.74) is 0. The number of aromatic nitrogens is 3.